The third-order valence-electron chi connectivity index (χ3n) is 6.23. The van der Waals surface area contributed by atoms with E-state index in [0.717, 1.165) is 50.9 Å². The maximum absolute atomic E-state index is 13.1. The van der Waals surface area contributed by atoms with Crippen LogP contribution in [-0.4, -0.2) is 53.3 Å². The van der Waals surface area contributed by atoms with Crippen LogP contribution in [0.1, 0.15) is 74.7 Å². The summed E-state index contributed by atoms with van der Waals surface area (Å²) in [6, 6.07) is 8.50. The molecule has 1 fully saturated rings. The molecule has 0 radical (unpaired) electrons. The molecule has 0 bridgehead atoms. The summed E-state index contributed by atoms with van der Waals surface area (Å²) in [5.41, 5.74) is 2.71. The quantitative estimate of drug-likeness (QED) is 0.308. The van der Waals surface area contributed by atoms with Gasteiger partial charge in [-0.2, -0.15) is 4.98 Å². The first-order chi connectivity index (χ1) is 16.6. The number of carbonyl (C=O) groups is 1. The third kappa shape index (κ3) is 7.58. The van der Waals surface area contributed by atoms with Crippen molar-refractivity contribution < 1.29 is 9.90 Å². The summed E-state index contributed by atoms with van der Waals surface area (Å²) < 4.78 is 0. The predicted octanol–water partition coefficient (Wildman–Crippen LogP) is 4.18. The fraction of sp³-hybridized carbons (Fsp3) is 0.577. The molecule has 8 nitrogen and oxygen atoms in total. The van der Waals surface area contributed by atoms with Crippen LogP contribution < -0.4 is 20.9 Å². The molecule has 1 aromatic heterocycles. The van der Waals surface area contributed by atoms with E-state index >= 15 is 0 Å². The van der Waals surface area contributed by atoms with Gasteiger partial charge in [-0.1, -0.05) is 32.4 Å². The van der Waals surface area contributed by atoms with E-state index in [1.807, 2.05) is 6.07 Å². The van der Waals surface area contributed by atoms with Gasteiger partial charge in [0.2, 0.25) is 5.95 Å². The van der Waals surface area contributed by atoms with E-state index < -0.39 is 0 Å². The highest BCUT2D eigenvalue weighted by Crippen LogP contribution is 2.22. The number of hydrogen-bond donors (Lipinski definition) is 4. The molecule has 1 amide bonds. The van der Waals surface area contributed by atoms with Crippen LogP contribution in [0.4, 0.5) is 17.5 Å². The summed E-state index contributed by atoms with van der Waals surface area (Å²) in [4.78, 5) is 24.5. The highest BCUT2D eigenvalue weighted by atomic mass is 16.3. The summed E-state index contributed by atoms with van der Waals surface area (Å²) in [6.45, 7) is 7.79. The molecule has 1 aromatic carbocycles. The smallest absolute Gasteiger partial charge is 0.256 e. The van der Waals surface area contributed by atoms with Gasteiger partial charge in [-0.05, 0) is 56.2 Å². The Morgan fingerprint density at radius 2 is 2.03 bits per heavy atom. The third-order valence-corrected chi connectivity index (χ3v) is 6.23. The maximum Gasteiger partial charge on any atom is 0.256 e. The van der Waals surface area contributed by atoms with Gasteiger partial charge >= 0.3 is 0 Å². The van der Waals surface area contributed by atoms with Gasteiger partial charge in [0, 0.05) is 50.7 Å². The Kier molecular flexibility index (Phi) is 10.4. The van der Waals surface area contributed by atoms with Crippen LogP contribution in [0.15, 0.2) is 30.5 Å². The van der Waals surface area contributed by atoms with Crippen LogP contribution in [0.25, 0.3) is 0 Å². The Balaban J connectivity index is 1.71. The molecule has 0 spiro atoms. The van der Waals surface area contributed by atoms with E-state index in [4.69, 9.17) is 0 Å². The number of aromatic nitrogens is 2. The second-order valence-electron chi connectivity index (χ2n) is 8.90. The van der Waals surface area contributed by atoms with E-state index in [0.29, 0.717) is 30.3 Å². The van der Waals surface area contributed by atoms with Crippen LogP contribution in [-0.2, 0) is 6.54 Å². The number of unbranched alkanes of at least 4 members (excludes halogenated alkanes) is 1. The minimum atomic E-state index is -0.203. The van der Waals surface area contributed by atoms with E-state index in [9.17, 15) is 9.90 Å². The van der Waals surface area contributed by atoms with Gasteiger partial charge in [0.1, 0.15) is 11.4 Å². The molecule has 34 heavy (non-hydrogen) atoms. The molecular weight excluding hydrogens is 428 g/mol. The van der Waals surface area contributed by atoms with Crippen molar-refractivity contribution in [3.05, 3.63) is 41.6 Å². The molecule has 0 aliphatic carbocycles. The number of nitrogens with one attached hydrogen (secondary N) is 3. The number of aliphatic hydroxyl groups excluding tert-OH is 1. The first kappa shape index (κ1) is 25.7. The molecule has 1 saturated heterocycles. The molecule has 2 aromatic rings. The number of rotatable bonds is 14. The van der Waals surface area contributed by atoms with E-state index in [2.05, 4.69) is 62.9 Å². The van der Waals surface area contributed by atoms with Crippen molar-refractivity contribution >= 4 is 23.4 Å². The monoisotopic (exact) mass is 468 g/mol. The highest BCUT2D eigenvalue weighted by Gasteiger charge is 2.18. The molecule has 1 aliphatic rings. The lowest BCUT2D eigenvalue weighted by Gasteiger charge is -2.20. The Labute approximate surface area is 203 Å². The molecule has 0 saturated carbocycles. The first-order valence-corrected chi connectivity index (χ1v) is 12.7. The zero-order chi connectivity index (χ0) is 24.2. The largest absolute Gasteiger partial charge is 0.396 e. The molecule has 3 rings (SSSR count). The minimum Gasteiger partial charge on any atom is -0.396 e. The maximum atomic E-state index is 13.1. The lowest BCUT2D eigenvalue weighted by atomic mass is 10.1. The number of nitrogens with zero attached hydrogens (tertiary/aromatic N) is 3. The van der Waals surface area contributed by atoms with E-state index in [1.54, 1.807) is 6.20 Å². The molecule has 1 atom stereocenters. The zero-order valence-electron chi connectivity index (χ0n) is 20.6. The highest BCUT2D eigenvalue weighted by molar-refractivity contribution is 5.98. The zero-order valence-corrected chi connectivity index (χ0v) is 20.6. The van der Waals surface area contributed by atoms with E-state index in [1.165, 1.54) is 18.5 Å². The number of benzene rings is 1. The van der Waals surface area contributed by atoms with Crippen LogP contribution in [0, 0.1) is 0 Å². The first-order valence-electron chi connectivity index (χ1n) is 12.7. The SMILES string of the molecule is CCCCNc1ncc(C(=O)NCc2cccc(N3CCCC3)c2)c(NC(CC)CCCO)n1. The Morgan fingerprint density at radius 1 is 1.21 bits per heavy atom. The van der Waals surface area contributed by atoms with Crippen LogP contribution in [0.3, 0.4) is 0 Å². The Hall–Kier alpha value is -2.87. The lowest BCUT2D eigenvalue weighted by Crippen LogP contribution is -2.27. The number of hydrogen-bond acceptors (Lipinski definition) is 7. The van der Waals surface area contributed by atoms with Gasteiger partial charge in [0.05, 0.1) is 0 Å². The van der Waals surface area contributed by atoms with Gasteiger partial charge in [0.25, 0.3) is 5.91 Å². The average molecular weight is 469 g/mol. The van der Waals surface area contributed by atoms with Gasteiger partial charge in [-0.3, -0.25) is 4.79 Å². The van der Waals surface area contributed by atoms with Crippen molar-refractivity contribution in [3.63, 3.8) is 0 Å². The summed E-state index contributed by atoms with van der Waals surface area (Å²) in [5, 5.41) is 18.9. The summed E-state index contributed by atoms with van der Waals surface area (Å²) in [7, 11) is 0. The van der Waals surface area contributed by atoms with Crippen LogP contribution >= 0.6 is 0 Å². The van der Waals surface area contributed by atoms with Gasteiger partial charge in [0.15, 0.2) is 0 Å². The number of anilines is 3. The average Bonchev–Trinajstić information content (AvgIpc) is 3.41. The molecule has 186 valence electrons. The standard InChI is InChI=1S/C26H40N6O2/c1-3-5-13-27-26-29-19-23(24(31-26)30-21(4-2)11-9-16-33)25(34)28-18-20-10-8-12-22(17-20)32-14-6-7-15-32/h8,10,12,17,19,21,33H,3-7,9,11,13-16,18H2,1-2H3,(H,28,34)(H2,27,29,30,31). The summed E-state index contributed by atoms with van der Waals surface area (Å²) >= 11 is 0. The summed E-state index contributed by atoms with van der Waals surface area (Å²) in [6.07, 6.45) is 8.54. The van der Waals surface area contributed by atoms with E-state index in [-0.39, 0.29) is 18.6 Å². The van der Waals surface area contributed by atoms with Crippen molar-refractivity contribution in [2.45, 2.75) is 71.4 Å². The number of aliphatic hydroxyl groups is 1. The second-order valence-corrected chi connectivity index (χ2v) is 8.90. The fourth-order valence-corrected chi connectivity index (χ4v) is 4.15. The molecular formula is C26H40N6O2. The topological polar surface area (TPSA) is 102 Å². The van der Waals surface area contributed by atoms with Crippen LogP contribution in [0.5, 0.6) is 0 Å². The predicted molar refractivity (Wildman–Crippen MR) is 139 cm³/mol. The lowest BCUT2D eigenvalue weighted by molar-refractivity contribution is 0.0951. The molecule has 4 N–H and O–H groups in total. The normalized spacial score (nSPS) is 14.1. The van der Waals surface area contributed by atoms with Gasteiger partial charge < -0.3 is 26.0 Å². The van der Waals surface area contributed by atoms with Gasteiger partial charge in [-0.15, -0.1) is 0 Å². The second kappa shape index (κ2) is 13.7. The van der Waals surface area contributed by atoms with Crippen molar-refractivity contribution in [2.24, 2.45) is 0 Å². The van der Waals surface area contributed by atoms with Crippen LogP contribution in [0.2, 0.25) is 0 Å². The van der Waals surface area contributed by atoms with Crippen molar-refractivity contribution in [2.75, 3.05) is 41.8 Å². The number of carbonyl (C=O) groups excluding carboxylic acids is 1. The van der Waals surface area contributed by atoms with Crippen molar-refractivity contribution in [1.29, 1.82) is 0 Å². The Bertz CT molecular complexity index is 901. The molecule has 1 unspecified atom stereocenters. The molecule has 8 heteroatoms. The molecule has 1 aliphatic heterocycles. The minimum absolute atomic E-state index is 0.120. The fourth-order valence-electron chi connectivity index (χ4n) is 4.15. The Morgan fingerprint density at radius 3 is 2.76 bits per heavy atom. The van der Waals surface area contributed by atoms with Crippen molar-refractivity contribution in [3.8, 4) is 0 Å². The molecule has 2 heterocycles. The number of amides is 1. The summed E-state index contributed by atoms with van der Waals surface area (Å²) in [5.74, 6) is 0.844. The van der Waals surface area contributed by atoms with Crippen molar-refractivity contribution in [1.82, 2.24) is 15.3 Å². The van der Waals surface area contributed by atoms with Gasteiger partial charge in [-0.25, -0.2) is 4.98 Å².